The second-order valence-electron chi connectivity index (χ2n) is 9.67. The molecule has 5 aromatic carbocycles. The fourth-order valence-electron chi connectivity index (χ4n) is 5.37. The van der Waals surface area contributed by atoms with Crippen LogP contribution < -0.4 is 20.8 Å². The van der Waals surface area contributed by atoms with E-state index in [1.165, 1.54) is 49.4 Å². The highest BCUT2D eigenvalue weighted by molar-refractivity contribution is 7.80. The van der Waals surface area contributed by atoms with Crippen LogP contribution in [0.15, 0.2) is 133 Å². The Kier molecular flexibility index (Phi) is 6.47. The van der Waals surface area contributed by atoms with E-state index < -0.39 is 7.92 Å². The molecule has 0 aromatic heterocycles. The smallest absolute Gasteiger partial charge is 0.0367 e. The number of nitrogens with zero attached hydrogens (tertiary/aromatic N) is 1. The zero-order valence-corrected chi connectivity index (χ0v) is 22.1. The Morgan fingerprint density at radius 3 is 1.76 bits per heavy atom. The fourth-order valence-corrected chi connectivity index (χ4v) is 7.89. The van der Waals surface area contributed by atoms with E-state index in [-0.39, 0.29) is 5.92 Å². The van der Waals surface area contributed by atoms with Crippen LogP contribution in [0.4, 0.5) is 5.69 Å². The number of fused-ring (bicyclic) bond motifs is 1. The van der Waals surface area contributed by atoms with Crippen molar-refractivity contribution < 1.29 is 0 Å². The molecule has 0 radical (unpaired) electrons. The van der Waals surface area contributed by atoms with Gasteiger partial charge in [-0.05, 0) is 69.9 Å². The predicted molar refractivity (Wildman–Crippen MR) is 162 cm³/mol. The van der Waals surface area contributed by atoms with E-state index in [1.807, 2.05) is 0 Å². The fraction of sp³-hybridized carbons (Fsp3) is 0.0857. The Morgan fingerprint density at radius 1 is 0.568 bits per heavy atom. The maximum Gasteiger partial charge on any atom is 0.0367 e. The first-order chi connectivity index (χ1) is 18.2. The maximum absolute atomic E-state index is 2.44. The van der Waals surface area contributed by atoms with Crippen LogP contribution in [0.5, 0.6) is 0 Å². The quantitative estimate of drug-likeness (QED) is 0.225. The lowest BCUT2D eigenvalue weighted by Crippen LogP contribution is -2.26. The van der Waals surface area contributed by atoms with Gasteiger partial charge in [0.05, 0.1) is 0 Å². The summed E-state index contributed by atoms with van der Waals surface area (Å²) < 4.78 is 0. The van der Waals surface area contributed by atoms with Gasteiger partial charge in [0.15, 0.2) is 0 Å². The standard InChI is InChI=1S/C35H30NP/c1-36(2)28-22-23-32(34(25-28)37(29-17-8-4-9-18-29)30-19-10-5-11-20-30)35-31-21-13-12-16-27(31)24-33(35)26-14-6-3-7-15-26/h3-25,35H,1-2H3. The summed E-state index contributed by atoms with van der Waals surface area (Å²) in [6.07, 6.45) is 2.40. The number of benzene rings is 5. The first-order valence-corrected chi connectivity index (χ1v) is 14.1. The molecule has 0 heterocycles. The molecule has 1 nitrogen and oxygen atoms in total. The summed E-state index contributed by atoms with van der Waals surface area (Å²) in [5, 5.41) is 4.16. The van der Waals surface area contributed by atoms with Gasteiger partial charge in [0.25, 0.3) is 0 Å². The molecule has 0 spiro atoms. The van der Waals surface area contributed by atoms with Crippen LogP contribution in [-0.2, 0) is 0 Å². The summed E-state index contributed by atoms with van der Waals surface area (Å²) in [4.78, 5) is 2.22. The molecule has 1 unspecified atom stereocenters. The van der Waals surface area contributed by atoms with Gasteiger partial charge in [-0.3, -0.25) is 0 Å². The van der Waals surface area contributed by atoms with Gasteiger partial charge in [0, 0.05) is 25.7 Å². The first-order valence-electron chi connectivity index (χ1n) is 12.8. The summed E-state index contributed by atoms with van der Waals surface area (Å²) in [7, 11) is 3.51. The highest BCUT2D eigenvalue weighted by Crippen LogP contribution is 2.48. The number of allylic oxidation sites excluding steroid dienone is 1. The van der Waals surface area contributed by atoms with Gasteiger partial charge in [0.1, 0.15) is 0 Å². The van der Waals surface area contributed by atoms with Crippen molar-refractivity contribution in [2.24, 2.45) is 0 Å². The van der Waals surface area contributed by atoms with Crippen LogP contribution in [0.1, 0.15) is 28.2 Å². The molecule has 2 heteroatoms. The van der Waals surface area contributed by atoms with Crippen LogP contribution in [0, 0.1) is 0 Å². The van der Waals surface area contributed by atoms with E-state index >= 15 is 0 Å². The second kappa shape index (κ2) is 10.2. The first kappa shape index (κ1) is 23.5. The molecule has 1 atom stereocenters. The average Bonchev–Trinajstić information content (AvgIpc) is 3.34. The van der Waals surface area contributed by atoms with Crippen molar-refractivity contribution in [3.63, 3.8) is 0 Å². The molecule has 180 valence electrons. The minimum absolute atomic E-state index is 0.183. The molecule has 1 aliphatic carbocycles. The van der Waals surface area contributed by atoms with Gasteiger partial charge >= 0.3 is 0 Å². The lowest BCUT2D eigenvalue weighted by molar-refractivity contribution is 1.07. The van der Waals surface area contributed by atoms with Crippen molar-refractivity contribution >= 4 is 41.2 Å². The minimum Gasteiger partial charge on any atom is -0.378 e. The van der Waals surface area contributed by atoms with E-state index in [0.29, 0.717) is 0 Å². The van der Waals surface area contributed by atoms with E-state index in [1.54, 1.807) is 0 Å². The second-order valence-corrected chi connectivity index (χ2v) is 11.9. The van der Waals surface area contributed by atoms with Gasteiger partial charge < -0.3 is 4.90 Å². The predicted octanol–water partition coefficient (Wildman–Crippen LogP) is 7.20. The van der Waals surface area contributed by atoms with Crippen LogP contribution in [0.3, 0.4) is 0 Å². The van der Waals surface area contributed by atoms with Crippen LogP contribution in [-0.4, -0.2) is 14.1 Å². The highest BCUT2D eigenvalue weighted by atomic mass is 31.1. The van der Waals surface area contributed by atoms with Crippen molar-refractivity contribution in [1.29, 1.82) is 0 Å². The third kappa shape index (κ3) is 4.52. The molecule has 0 amide bonds. The Hall–Kier alpha value is -3.93. The largest absolute Gasteiger partial charge is 0.378 e. The number of anilines is 1. The van der Waals surface area contributed by atoms with Gasteiger partial charge in [-0.1, -0.05) is 121 Å². The van der Waals surface area contributed by atoms with E-state index in [4.69, 9.17) is 0 Å². The molecule has 6 rings (SSSR count). The molecule has 0 bridgehead atoms. The molecule has 0 aliphatic heterocycles. The zero-order valence-electron chi connectivity index (χ0n) is 21.3. The summed E-state index contributed by atoms with van der Waals surface area (Å²) in [5.41, 5.74) is 7.99. The van der Waals surface area contributed by atoms with Crippen molar-refractivity contribution in [3.8, 4) is 0 Å². The Bertz CT molecular complexity index is 1500. The highest BCUT2D eigenvalue weighted by Gasteiger charge is 2.32. The molecule has 1 aliphatic rings. The summed E-state index contributed by atoms with van der Waals surface area (Å²) in [6, 6.07) is 49.0. The average molecular weight is 496 g/mol. The van der Waals surface area contributed by atoms with Crippen LogP contribution in [0.2, 0.25) is 0 Å². The zero-order chi connectivity index (χ0) is 25.2. The summed E-state index contributed by atoms with van der Waals surface area (Å²) >= 11 is 0. The molecule has 0 saturated carbocycles. The molecule has 0 saturated heterocycles. The lowest BCUT2D eigenvalue weighted by Gasteiger charge is -2.28. The maximum atomic E-state index is 2.44. The number of hydrogen-bond acceptors (Lipinski definition) is 1. The summed E-state index contributed by atoms with van der Waals surface area (Å²) in [6.45, 7) is 0. The van der Waals surface area contributed by atoms with Crippen LogP contribution >= 0.6 is 7.92 Å². The normalized spacial score (nSPS) is 14.4. The summed E-state index contributed by atoms with van der Waals surface area (Å²) in [5.74, 6) is 0.183. The lowest BCUT2D eigenvalue weighted by atomic mass is 9.85. The molecule has 37 heavy (non-hydrogen) atoms. The van der Waals surface area contributed by atoms with Crippen molar-refractivity contribution in [1.82, 2.24) is 0 Å². The third-order valence-corrected chi connectivity index (χ3v) is 9.65. The Morgan fingerprint density at radius 2 is 1.14 bits per heavy atom. The molecule has 5 aromatic rings. The topological polar surface area (TPSA) is 3.24 Å². The van der Waals surface area contributed by atoms with Gasteiger partial charge in [-0.2, -0.15) is 0 Å². The van der Waals surface area contributed by atoms with Gasteiger partial charge in [0.2, 0.25) is 0 Å². The van der Waals surface area contributed by atoms with Gasteiger partial charge in [-0.25, -0.2) is 0 Å². The molecule has 0 fully saturated rings. The molecule has 0 N–H and O–H groups in total. The van der Waals surface area contributed by atoms with E-state index in [0.717, 1.165) is 0 Å². The van der Waals surface area contributed by atoms with Crippen molar-refractivity contribution in [2.75, 3.05) is 19.0 Å². The number of rotatable bonds is 6. The van der Waals surface area contributed by atoms with Crippen molar-refractivity contribution in [2.45, 2.75) is 5.92 Å². The Balaban J connectivity index is 1.62. The molecular formula is C35H30NP. The Labute approximate surface area is 221 Å². The van der Waals surface area contributed by atoms with Gasteiger partial charge in [-0.15, -0.1) is 0 Å². The van der Waals surface area contributed by atoms with Crippen molar-refractivity contribution in [3.05, 3.63) is 156 Å². The minimum atomic E-state index is -0.755. The van der Waals surface area contributed by atoms with E-state index in [9.17, 15) is 0 Å². The third-order valence-electron chi connectivity index (χ3n) is 7.15. The SMILES string of the molecule is CN(C)c1ccc(C2C(c3ccccc3)=Cc3ccccc32)c(P(c2ccccc2)c2ccccc2)c1. The molecular weight excluding hydrogens is 465 g/mol. The van der Waals surface area contributed by atoms with E-state index in [2.05, 4.69) is 159 Å². The van der Waals surface area contributed by atoms with Crippen LogP contribution in [0.25, 0.3) is 11.6 Å². The number of hydrogen-bond donors (Lipinski definition) is 0. The monoisotopic (exact) mass is 495 g/mol.